The average molecular weight is 273 g/mol. The van der Waals surface area contributed by atoms with Crippen LogP contribution in [0.4, 0.5) is 5.69 Å². The van der Waals surface area contributed by atoms with Crippen molar-refractivity contribution in [3.63, 3.8) is 0 Å². The summed E-state index contributed by atoms with van der Waals surface area (Å²) in [5.74, 6) is -0.294. The second-order valence-electron chi connectivity index (χ2n) is 4.90. The van der Waals surface area contributed by atoms with E-state index in [9.17, 15) is 14.9 Å². The third-order valence-corrected chi connectivity index (χ3v) is 3.58. The van der Waals surface area contributed by atoms with Gasteiger partial charge < -0.3 is 4.90 Å². The molecule has 0 aromatic heterocycles. The lowest BCUT2D eigenvalue weighted by Crippen LogP contribution is -2.43. The Balaban J connectivity index is 2.35. The number of hydrogen-bond donors (Lipinski definition) is 0. The minimum absolute atomic E-state index is 0.107. The fourth-order valence-corrected chi connectivity index (χ4v) is 2.42. The molecule has 1 saturated heterocycles. The first-order valence-corrected chi connectivity index (χ1v) is 6.50. The highest BCUT2D eigenvalue weighted by atomic mass is 16.6. The maximum Gasteiger partial charge on any atom is 0.270 e. The Labute approximate surface area is 116 Å². The number of amides is 1. The number of nitro groups is 1. The molecule has 6 nitrogen and oxygen atoms in total. The lowest BCUT2D eigenvalue weighted by Gasteiger charge is -2.31. The van der Waals surface area contributed by atoms with Crippen LogP contribution >= 0.6 is 0 Å². The molecule has 1 aromatic rings. The van der Waals surface area contributed by atoms with Gasteiger partial charge in [0, 0.05) is 24.2 Å². The summed E-state index contributed by atoms with van der Waals surface area (Å²) < 4.78 is 0. The number of rotatable bonds is 2. The summed E-state index contributed by atoms with van der Waals surface area (Å²) in [7, 11) is 0. The number of carbonyl (C=O) groups is 1. The second kappa shape index (κ2) is 5.70. The molecule has 0 saturated carbocycles. The predicted molar refractivity (Wildman–Crippen MR) is 72.1 cm³/mol. The van der Waals surface area contributed by atoms with Crippen molar-refractivity contribution in [3.05, 3.63) is 39.4 Å². The van der Waals surface area contributed by atoms with Crippen molar-refractivity contribution in [2.75, 3.05) is 6.54 Å². The molecular weight excluding hydrogens is 258 g/mol. The lowest BCUT2D eigenvalue weighted by atomic mass is 10.00. The van der Waals surface area contributed by atoms with Crippen LogP contribution in [0.2, 0.25) is 0 Å². The maximum atomic E-state index is 12.5. The van der Waals surface area contributed by atoms with Crippen LogP contribution in [0.1, 0.15) is 35.2 Å². The van der Waals surface area contributed by atoms with Gasteiger partial charge in [-0.3, -0.25) is 14.9 Å². The van der Waals surface area contributed by atoms with E-state index >= 15 is 0 Å². The zero-order valence-corrected chi connectivity index (χ0v) is 11.2. The zero-order valence-electron chi connectivity index (χ0n) is 11.2. The van der Waals surface area contributed by atoms with E-state index in [1.165, 1.54) is 17.0 Å². The minimum atomic E-state index is -0.520. The van der Waals surface area contributed by atoms with E-state index in [0.717, 1.165) is 12.8 Å². The van der Waals surface area contributed by atoms with Gasteiger partial charge in [-0.25, -0.2) is 0 Å². The number of nitriles is 1. The number of aryl methyl sites for hydroxylation is 1. The van der Waals surface area contributed by atoms with Gasteiger partial charge in [0.1, 0.15) is 6.04 Å². The van der Waals surface area contributed by atoms with E-state index in [1.54, 1.807) is 13.0 Å². The standard InChI is InChI=1S/C14H15N3O3/c1-10-5-6-11(17(19)20)8-13(10)14(18)16-7-3-2-4-12(16)9-15/h5-6,8,12H,2-4,7H2,1H3. The molecule has 1 aromatic carbocycles. The number of nitro benzene ring substituents is 1. The van der Waals surface area contributed by atoms with Gasteiger partial charge in [0.15, 0.2) is 0 Å². The second-order valence-corrected chi connectivity index (χ2v) is 4.90. The van der Waals surface area contributed by atoms with Crippen molar-refractivity contribution in [2.45, 2.75) is 32.2 Å². The monoisotopic (exact) mass is 273 g/mol. The van der Waals surface area contributed by atoms with Gasteiger partial charge >= 0.3 is 0 Å². The number of likely N-dealkylation sites (tertiary alicyclic amines) is 1. The van der Waals surface area contributed by atoms with Crippen LogP contribution < -0.4 is 0 Å². The Morgan fingerprint density at radius 2 is 2.25 bits per heavy atom. The number of nitrogens with zero attached hydrogens (tertiary/aromatic N) is 3. The molecule has 104 valence electrons. The fourth-order valence-electron chi connectivity index (χ4n) is 2.42. The molecule has 6 heteroatoms. The molecular formula is C14H15N3O3. The van der Waals surface area contributed by atoms with Gasteiger partial charge in [0.25, 0.3) is 11.6 Å². The molecule has 1 aliphatic heterocycles. The highest BCUT2D eigenvalue weighted by Crippen LogP contribution is 2.23. The molecule has 0 radical (unpaired) electrons. The summed E-state index contributed by atoms with van der Waals surface area (Å²) >= 11 is 0. The van der Waals surface area contributed by atoms with Crippen LogP contribution in [-0.2, 0) is 0 Å². The third-order valence-electron chi connectivity index (χ3n) is 3.58. The molecule has 1 amide bonds. The van der Waals surface area contributed by atoms with E-state index in [0.29, 0.717) is 24.1 Å². The molecule has 0 bridgehead atoms. The van der Waals surface area contributed by atoms with Gasteiger partial charge in [0.2, 0.25) is 0 Å². The molecule has 2 rings (SSSR count). The summed E-state index contributed by atoms with van der Waals surface area (Å²) in [6, 6.07) is 5.94. The number of piperidine rings is 1. The first-order chi connectivity index (χ1) is 9.54. The quantitative estimate of drug-likeness (QED) is 0.611. The lowest BCUT2D eigenvalue weighted by molar-refractivity contribution is -0.384. The van der Waals surface area contributed by atoms with Gasteiger partial charge in [-0.1, -0.05) is 6.07 Å². The summed E-state index contributed by atoms with van der Waals surface area (Å²) in [4.78, 5) is 24.3. The Hall–Kier alpha value is -2.42. The number of hydrogen-bond acceptors (Lipinski definition) is 4. The fraction of sp³-hybridized carbons (Fsp3) is 0.429. The highest BCUT2D eigenvalue weighted by molar-refractivity contribution is 5.96. The molecule has 20 heavy (non-hydrogen) atoms. The maximum absolute atomic E-state index is 12.5. The Bertz CT molecular complexity index is 592. The molecule has 1 atom stereocenters. The van der Waals surface area contributed by atoms with E-state index in [-0.39, 0.29) is 11.6 Å². The molecule has 0 aliphatic carbocycles. The van der Waals surface area contributed by atoms with Crippen LogP contribution in [0, 0.1) is 28.4 Å². The first kappa shape index (κ1) is 14.0. The van der Waals surface area contributed by atoms with Crippen molar-refractivity contribution >= 4 is 11.6 Å². The third kappa shape index (κ3) is 2.62. The van der Waals surface area contributed by atoms with Gasteiger partial charge in [-0.2, -0.15) is 5.26 Å². The van der Waals surface area contributed by atoms with Crippen molar-refractivity contribution < 1.29 is 9.72 Å². The van der Waals surface area contributed by atoms with Crippen LogP contribution in [0.15, 0.2) is 18.2 Å². The summed E-state index contributed by atoms with van der Waals surface area (Å²) in [6.45, 7) is 2.27. The Morgan fingerprint density at radius 1 is 1.50 bits per heavy atom. The van der Waals surface area contributed by atoms with Gasteiger partial charge in [0.05, 0.1) is 11.0 Å². The van der Waals surface area contributed by atoms with Crippen molar-refractivity contribution in [3.8, 4) is 6.07 Å². The largest absolute Gasteiger partial charge is 0.323 e. The summed E-state index contributed by atoms with van der Waals surface area (Å²) in [6.07, 6.45) is 2.45. The topological polar surface area (TPSA) is 87.2 Å². The molecule has 0 N–H and O–H groups in total. The van der Waals surface area contributed by atoms with Crippen LogP contribution in [0.3, 0.4) is 0 Å². The van der Waals surface area contributed by atoms with Gasteiger partial charge in [-0.15, -0.1) is 0 Å². The molecule has 1 aliphatic rings. The van der Waals surface area contributed by atoms with E-state index in [4.69, 9.17) is 5.26 Å². The summed E-state index contributed by atoms with van der Waals surface area (Å²) in [5, 5.41) is 19.9. The predicted octanol–water partition coefficient (Wildman–Crippen LogP) is 2.42. The number of carbonyl (C=O) groups excluding carboxylic acids is 1. The minimum Gasteiger partial charge on any atom is -0.323 e. The Kier molecular flexibility index (Phi) is 3.99. The van der Waals surface area contributed by atoms with Crippen molar-refractivity contribution in [2.24, 2.45) is 0 Å². The first-order valence-electron chi connectivity index (χ1n) is 6.50. The molecule has 1 fully saturated rings. The van der Waals surface area contributed by atoms with Gasteiger partial charge in [-0.05, 0) is 31.7 Å². The van der Waals surface area contributed by atoms with E-state index in [1.807, 2.05) is 0 Å². The number of benzene rings is 1. The van der Waals surface area contributed by atoms with E-state index < -0.39 is 11.0 Å². The molecule has 1 heterocycles. The van der Waals surface area contributed by atoms with Crippen LogP contribution in [-0.4, -0.2) is 28.3 Å². The smallest absolute Gasteiger partial charge is 0.270 e. The van der Waals surface area contributed by atoms with Crippen molar-refractivity contribution in [1.29, 1.82) is 5.26 Å². The summed E-state index contributed by atoms with van der Waals surface area (Å²) in [5.41, 5.74) is 0.883. The molecule has 0 spiro atoms. The van der Waals surface area contributed by atoms with E-state index in [2.05, 4.69) is 6.07 Å². The highest BCUT2D eigenvalue weighted by Gasteiger charge is 2.28. The SMILES string of the molecule is Cc1ccc([N+](=O)[O-])cc1C(=O)N1CCCCC1C#N. The molecule has 1 unspecified atom stereocenters. The average Bonchev–Trinajstić information content (AvgIpc) is 2.46. The van der Waals surface area contributed by atoms with Crippen LogP contribution in [0.25, 0.3) is 0 Å². The van der Waals surface area contributed by atoms with Crippen molar-refractivity contribution in [1.82, 2.24) is 4.90 Å². The Morgan fingerprint density at radius 3 is 2.90 bits per heavy atom. The number of non-ortho nitro benzene ring substituents is 1. The van der Waals surface area contributed by atoms with Crippen LogP contribution in [0.5, 0.6) is 0 Å². The zero-order chi connectivity index (χ0) is 14.7. The normalized spacial score (nSPS) is 18.4.